The van der Waals surface area contributed by atoms with E-state index in [1.165, 1.54) is 0 Å². The van der Waals surface area contributed by atoms with Gasteiger partial charge >= 0.3 is 0 Å². The van der Waals surface area contributed by atoms with E-state index >= 15 is 0 Å². The maximum absolute atomic E-state index is 9.50. The fraction of sp³-hybridized carbons (Fsp3) is 0.357. The first-order valence-corrected chi connectivity index (χ1v) is 6.17. The van der Waals surface area contributed by atoms with E-state index in [0.29, 0.717) is 6.54 Å². The van der Waals surface area contributed by atoms with Gasteiger partial charge in [0.15, 0.2) is 0 Å². The predicted molar refractivity (Wildman–Crippen MR) is 70.3 cm³/mol. The summed E-state index contributed by atoms with van der Waals surface area (Å²) in [6.45, 7) is 2.84. The van der Waals surface area contributed by atoms with Gasteiger partial charge in [0, 0.05) is 11.8 Å². The minimum atomic E-state index is 0.0871. The zero-order valence-electron chi connectivity index (χ0n) is 10.5. The molecule has 1 N–H and O–H groups in total. The van der Waals surface area contributed by atoms with Crippen molar-refractivity contribution in [3.63, 3.8) is 0 Å². The smallest absolute Gasteiger partial charge is 0.124 e. The summed E-state index contributed by atoms with van der Waals surface area (Å²) in [6.07, 6.45) is 2.45. The number of benzene rings is 1. The summed E-state index contributed by atoms with van der Waals surface area (Å²) in [5, 5.41) is 13.4. The lowest BCUT2D eigenvalue weighted by Gasteiger charge is -2.31. The van der Waals surface area contributed by atoms with Gasteiger partial charge in [-0.2, -0.15) is 0 Å². The summed E-state index contributed by atoms with van der Waals surface area (Å²) < 4.78 is 4.86. The second-order valence-corrected chi connectivity index (χ2v) is 4.20. The molecule has 0 fully saturated rings. The number of nitrogens with zero attached hydrogens (tertiary/aromatic N) is 2. The molecule has 0 aliphatic rings. The van der Waals surface area contributed by atoms with Gasteiger partial charge in [0.05, 0.1) is 19.2 Å². The molecule has 2 aromatic rings. The van der Waals surface area contributed by atoms with Gasteiger partial charge in [0.25, 0.3) is 0 Å². The minimum Gasteiger partial charge on any atom is -0.394 e. The van der Waals surface area contributed by atoms with Crippen LogP contribution in [0.5, 0.6) is 0 Å². The van der Waals surface area contributed by atoms with Crippen LogP contribution in [0.15, 0.2) is 47.2 Å². The molecule has 96 valence electrons. The van der Waals surface area contributed by atoms with Crippen molar-refractivity contribution in [1.29, 1.82) is 0 Å². The summed E-state index contributed by atoms with van der Waals surface area (Å²) in [6, 6.07) is 12.0. The fourth-order valence-electron chi connectivity index (χ4n) is 1.99. The first kappa shape index (κ1) is 12.6. The molecule has 0 spiro atoms. The van der Waals surface area contributed by atoms with E-state index in [2.05, 4.69) is 17.0 Å². The highest BCUT2D eigenvalue weighted by atomic mass is 16.5. The molecule has 1 heterocycles. The van der Waals surface area contributed by atoms with Crippen LogP contribution >= 0.6 is 0 Å². The fourth-order valence-corrected chi connectivity index (χ4v) is 1.99. The van der Waals surface area contributed by atoms with Gasteiger partial charge in [-0.05, 0) is 18.6 Å². The maximum atomic E-state index is 9.50. The lowest BCUT2D eigenvalue weighted by atomic mass is 10.1. The summed E-state index contributed by atoms with van der Waals surface area (Å²) in [4.78, 5) is 2.15. The third-order valence-electron chi connectivity index (χ3n) is 3.03. The van der Waals surface area contributed by atoms with Crippen LogP contribution in [-0.2, 0) is 6.54 Å². The molecule has 0 radical (unpaired) electrons. The highest BCUT2D eigenvalue weighted by Gasteiger charge is 2.17. The zero-order valence-corrected chi connectivity index (χ0v) is 10.5. The third-order valence-corrected chi connectivity index (χ3v) is 3.03. The number of aromatic nitrogens is 1. The molecule has 1 aromatic heterocycles. The average Bonchev–Trinajstić information content (AvgIpc) is 2.93. The van der Waals surface area contributed by atoms with Gasteiger partial charge in [-0.1, -0.05) is 30.3 Å². The summed E-state index contributed by atoms with van der Waals surface area (Å²) in [5.74, 6) is 0. The molecule has 1 unspecified atom stereocenters. The molecule has 0 aliphatic carbocycles. The number of rotatable bonds is 6. The monoisotopic (exact) mass is 246 g/mol. The number of anilines is 1. The molecule has 18 heavy (non-hydrogen) atoms. The maximum Gasteiger partial charge on any atom is 0.124 e. The van der Waals surface area contributed by atoms with E-state index < -0.39 is 0 Å². The van der Waals surface area contributed by atoms with Crippen LogP contribution in [0, 0.1) is 0 Å². The first-order chi connectivity index (χ1) is 8.85. The molecule has 0 saturated carbocycles. The van der Waals surface area contributed by atoms with Crippen LogP contribution < -0.4 is 4.90 Å². The Labute approximate surface area is 107 Å². The molecule has 1 atom stereocenters. The lowest BCUT2D eigenvalue weighted by molar-refractivity contribution is 0.254. The molecular formula is C14H18N2O2. The molecule has 2 rings (SSSR count). The number of aliphatic hydroxyl groups is 1. The van der Waals surface area contributed by atoms with Crippen molar-refractivity contribution in [3.05, 3.63) is 48.4 Å². The average molecular weight is 246 g/mol. The number of aliphatic hydroxyl groups excluding tert-OH is 1. The van der Waals surface area contributed by atoms with Crippen molar-refractivity contribution in [1.82, 2.24) is 5.16 Å². The third kappa shape index (κ3) is 2.90. The van der Waals surface area contributed by atoms with Crippen molar-refractivity contribution in [2.24, 2.45) is 0 Å². The molecule has 4 heteroatoms. The van der Waals surface area contributed by atoms with Crippen LogP contribution in [0.3, 0.4) is 0 Å². The van der Waals surface area contributed by atoms with E-state index in [4.69, 9.17) is 4.52 Å². The Morgan fingerprint density at radius 3 is 2.61 bits per heavy atom. The molecule has 0 aliphatic heterocycles. The van der Waals surface area contributed by atoms with Crippen molar-refractivity contribution in [2.45, 2.75) is 25.9 Å². The Balaban J connectivity index is 2.22. The SMILES string of the molecule is CCC(CO)N(Cc1ccon1)c1ccccc1. The Bertz CT molecular complexity index is 438. The van der Waals surface area contributed by atoms with E-state index in [1.54, 1.807) is 6.26 Å². The van der Waals surface area contributed by atoms with Crippen molar-refractivity contribution in [3.8, 4) is 0 Å². The molecule has 0 saturated heterocycles. The predicted octanol–water partition coefficient (Wildman–Crippen LogP) is 2.45. The number of para-hydroxylation sites is 1. The zero-order chi connectivity index (χ0) is 12.8. The van der Waals surface area contributed by atoms with Gasteiger partial charge in [0.1, 0.15) is 12.0 Å². The minimum absolute atomic E-state index is 0.0871. The molecule has 4 nitrogen and oxygen atoms in total. The van der Waals surface area contributed by atoms with E-state index in [9.17, 15) is 5.11 Å². The summed E-state index contributed by atoms with van der Waals surface area (Å²) >= 11 is 0. The van der Waals surface area contributed by atoms with E-state index in [-0.39, 0.29) is 12.6 Å². The van der Waals surface area contributed by atoms with Crippen molar-refractivity contribution in [2.75, 3.05) is 11.5 Å². The molecule has 1 aromatic carbocycles. The number of hydrogen-bond donors (Lipinski definition) is 1. The van der Waals surface area contributed by atoms with Gasteiger partial charge in [-0.25, -0.2) is 0 Å². The Kier molecular flexibility index (Phi) is 4.36. The Morgan fingerprint density at radius 1 is 1.28 bits per heavy atom. The Hall–Kier alpha value is -1.81. The molecule has 0 amide bonds. The van der Waals surface area contributed by atoms with Gasteiger partial charge in [0.2, 0.25) is 0 Å². The lowest BCUT2D eigenvalue weighted by Crippen LogP contribution is -2.37. The highest BCUT2D eigenvalue weighted by molar-refractivity contribution is 5.47. The van der Waals surface area contributed by atoms with Crippen LogP contribution in [0.2, 0.25) is 0 Å². The number of hydrogen-bond acceptors (Lipinski definition) is 4. The standard InChI is InChI=1S/C14H18N2O2/c1-2-13(11-17)16(10-12-8-9-18-15-12)14-6-4-3-5-7-14/h3-9,13,17H,2,10-11H2,1H3. The molecular weight excluding hydrogens is 228 g/mol. The summed E-state index contributed by atoms with van der Waals surface area (Å²) in [7, 11) is 0. The van der Waals surface area contributed by atoms with Crippen LogP contribution in [0.25, 0.3) is 0 Å². The second kappa shape index (κ2) is 6.21. The topological polar surface area (TPSA) is 49.5 Å². The van der Waals surface area contributed by atoms with Gasteiger partial charge in [-0.15, -0.1) is 0 Å². The van der Waals surface area contributed by atoms with Gasteiger partial charge < -0.3 is 14.5 Å². The van der Waals surface area contributed by atoms with Crippen LogP contribution in [0.1, 0.15) is 19.0 Å². The van der Waals surface area contributed by atoms with Crippen molar-refractivity contribution < 1.29 is 9.63 Å². The van der Waals surface area contributed by atoms with E-state index in [0.717, 1.165) is 17.8 Å². The quantitative estimate of drug-likeness (QED) is 0.850. The van der Waals surface area contributed by atoms with Crippen molar-refractivity contribution >= 4 is 5.69 Å². The van der Waals surface area contributed by atoms with Crippen LogP contribution in [-0.4, -0.2) is 22.9 Å². The van der Waals surface area contributed by atoms with Gasteiger partial charge in [-0.3, -0.25) is 0 Å². The molecule has 0 bridgehead atoms. The second-order valence-electron chi connectivity index (χ2n) is 4.20. The van der Waals surface area contributed by atoms with Crippen LogP contribution in [0.4, 0.5) is 5.69 Å². The first-order valence-electron chi connectivity index (χ1n) is 6.17. The summed E-state index contributed by atoms with van der Waals surface area (Å²) in [5.41, 5.74) is 1.95. The highest BCUT2D eigenvalue weighted by Crippen LogP contribution is 2.20. The largest absolute Gasteiger partial charge is 0.394 e. The van der Waals surface area contributed by atoms with E-state index in [1.807, 2.05) is 36.4 Å². The normalized spacial score (nSPS) is 12.3. The Morgan fingerprint density at radius 2 is 2.06 bits per heavy atom.